The van der Waals surface area contributed by atoms with Crippen LogP contribution in [0, 0.1) is 13.8 Å². The lowest BCUT2D eigenvalue weighted by molar-refractivity contribution is -0.128. The van der Waals surface area contributed by atoms with Crippen molar-refractivity contribution in [3.05, 3.63) is 65.0 Å². The van der Waals surface area contributed by atoms with Gasteiger partial charge in [-0.05, 0) is 69.5 Å². The van der Waals surface area contributed by atoms with Gasteiger partial charge in [0.15, 0.2) is 0 Å². The number of aromatic nitrogens is 1. The topological polar surface area (TPSA) is 36.4 Å². The Hall–Kier alpha value is -2.20. The van der Waals surface area contributed by atoms with E-state index >= 15 is 0 Å². The molecule has 0 saturated carbocycles. The minimum atomic E-state index is 0.209. The van der Waals surface area contributed by atoms with Crippen LogP contribution in [0.25, 0.3) is 0 Å². The van der Waals surface area contributed by atoms with Crippen LogP contribution in [0.4, 0.5) is 0 Å². The third kappa shape index (κ3) is 9.23. The van der Waals surface area contributed by atoms with Gasteiger partial charge in [0, 0.05) is 38.4 Å². The molecule has 2 heterocycles. The molecule has 29 heavy (non-hydrogen) atoms. The summed E-state index contributed by atoms with van der Waals surface area (Å²) in [6, 6.07) is 12.8. The Morgan fingerprint density at radius 3 is 2.24 bits per heavy atom. The molecule has 0 unspecified atom stereocenters. The zero-order valence-electron chi connectivity index (χ0n) is 19.2. The minimum Gasteiger partial charge on any atom is -0.342 e. The summed E-state index contributed by atoms with van der Waals surface area (Å²) in [6.45, 7) is 13.8. The fraction of sp³-hybridized carbons (Fsp3) is 0.520. The first-order chi connectivity index (χ1) is 14.0. The normalized spacial score (nSPS) is 14.1. The lowest BCUT2D eigenvalue weighted by Gasteiger charge is -2.17. The Morgan fingerprint density at radius 1 is 0.931 bits per heavy atom. The molecular formula is C25H39N3O. The molecule has 0 spiro atoms. The lowest BCUT2D eigenvalue weighted by atomic mass is 10.0. The number of pyridine rings is 1. The van der Waals surface area contributed by atoms with Gasteiger partial charge in [0.25, 0.3) is 0 Å². The molecule has 1 aromatic carbocycles. The van der Waals surface area contributed by atoms with Crippen molar-refractivity contribution < 1.29 is 4.79 Å². The first-order valence-electron chi connectivity index (χ1n) is 10.9. The van der Waals surface area contributed by atoms with E-state index in [1.54, 1.807) is 6.92 Å². The van der Waals surface area contributed by atoms with Gasteiger partial charge >= 0.3 is 0 Å². The quantitative estimate of drug-likeness (QED) is 0.754. The molecule has 4 heteroatoms. The van der Waals surface area contributed by atoms with Crippen LogP contribution < -0.4 is 0 Å². The van der Waals surface area contributed by atoms with Crippen molar-refractivity contribution in [1.82, 2.24) is 14.8 Å². The summed E-state index contributed by atoms with van der Waals surface area (Å²) in [5, 5.41) is 0. The van der Waals surface area contributed by atoms with E-state index in [4.69, 9.17) is 0 Å². The molecule has 1 aliphatic rings. The second-order valence-electron chi connectivity index (χ2n) is 7.34. The van der Waals surface area contributed by atoms with Crippen molar-refractivity contribution in [2.45, 2.75) is 53.9 Å². The Labute approximate surface area is 178 Å². The van der Waals surface area contributed by atoms with Crippen molar-refractivity contribution in [2.24, 2.45) is 0 Å². The average Bonchev–Trinajstić information content (AvgIpc) is 2.95. The number of benzene rings is 1. The smallest absolute Gasteiger partial charge is 0.219 e. The Kier molecular flexibility index (Phi) is 11.9. The van der Waals surface area contributed by atoms with Gasteiger partial charge in [0.05, 0.1) is 0 Å². The van der Waals surface area contributed by atoms with Crippen LogP contribution in [0.1, 0.15) is 49.6 Å². The predicted molar refractivity (Wildman–Crippen MR) is 123 cm³/mol. The summed E-state index contributed by atoms with van der Waals surface area (Å²) in [5.74, 6) is 0.209. The van der Waals surface area contributed by atoms with E-state index in [1.807, 2.05) is 31.0 Å². The molecule has 0 bridgehead atoms. The van der Waals surface area contributed by atoms with Crippen LogP contribution in [0.2, 0.25) is 0 Å². The molecule has 0 aliphatic carbocycles. The van der Waals surface area contributed by atoms with Gasteiger partial charge < -0.3 is 9.80 Å². The number of carbonyl (C=O) groups excluding carboxylic acids is 1. The SMILES string of the molecule is CC.CC(=O)N1CCCN(C)CC1.Cc1ccccc1CCc1cccnc1C. The maximum absolute atomic E-state index is 11.0. The van der Waals surface area contributed by atoms with Crippen molar-refractivity contribution in [1.29, 1.82) is 0 Å². The molecule has 2 aromatic rings. The van der Waals surface area contributed by atoms with Crippen LogP contribution in [0.3, 0.4) is 0 Å². The first-order valence-corrected chi connectivity index (χ1v) is 10.9. The lowest BCUT2D eigenvalue weighted by Crippen LogP contribution is -2.32. The zero-order valence-corrected chi connectivity index (χ0v) is 19.2. The second-order valence-corrected chi connectivity index (χ2v) is 7.34. The molecule has 1 fully saturated rings. The molecule has 0 N–H and O–H groups in total. The largest absolute Gasteiger partial charge is 0.342 e. The summed E-state index contributed by atoms with van der Waals surface area (Å²) in [7, 11) is 2.10. The van der Waals surface area contributed by atoms with E-state index in [0.29, 0.717) is 0 Å². The highest BCUT2D eigenvalue weighted by Crippen LogP contribution is 2.12. The zero-order chi connectivity index (χ0) is 21.6. The van der Waals surface area contributed by atoms with Crippen molar-refractivity contribution in [2.75, 3.05) is 33.2 Å². The highest BCUT2D eigenvalue weighted by molar-refractivity contribution is 5.73. The minimum absolute atomic E-state index is 0.209. The maximum Gasteiger partial charge on any atom is 0.219 e. The molecule has 3 rings (SSSR count). The molecular weight excluding hydrogens is 358 g/mol. The number of carbonyl (C=O) groups is 1. The molecule has 1 aromatic heterocycles. The van der Waals surface area contributed by atoms with Crippen molar-refractivity contribution in [3.8, 4) is 0 Å². The van der Waals surface area contributed by atoms with E-state index in [9.17, 15) is 4.79 Å². The highest BCUT2D eigenvalue weighted by Gasteiger charge is 2.13. The van der Waals surface area contributed by atoms with E-state index in [2.05, 4.69) is 61.1 Å². The van der Waals surface area contributed by atoms with Crippen molar-refractivity contribution in [3.63, 3.8) is 0 Å². The third-order valence-electron chi connectivity index (χ3n) is 5.21. The molecule has 160 valence electrons. The van der Waals surface area contributed by atoms with Crippen LogP contribution in [-0.4, -0.2) is 53.9 Å². The fourth-order valence-electron chi connectivity index (χ4n) is 3.30. The van der Waals surface area contributed by atoms with E-state index in [-0.39, 0.29) is 5.91 Å². The Balaban J connectivity index is 0.000000284. The average molecular weight is 398 g/mol. The van der Waals surface area contributed by atoms with Crippen LogP contribution in [0.15, 0.2) is 42.6 Å². The highest BCUT2D eigenvalue weighted by atomic mass is 16.2. The second kappa shape index (κ2) is 13.9. The molecule has 1 saturated heterocycles. The molecule has 4 nitrogen and oxygen atoms in total. The van der Waals surface area contributed by atoms with Gasteiger partial charge in [-0.3, -0.25) is 9.78 Å². The first kappa shape index (κ1) is 24.8. The van der Waals surface area contributed by atoms with Crippen LogP contribution >= 0.6 is 0 Å². The predicted octanol–water partition coefficient (Wildman–Crippen LogP) is 4.68. The summed E-state index contributed by atoms with van der Waals surface area (Å²) >= 11 is 0. The standard InChI is InChI=1S/C15H17N.C8H16N2O.C2H6/c1-12-6-3-4-7-14(12)9-10-15-8-5-11-16-13(15)2;1-8(11)10-5-3-4-9(2)6-7-10;1-2/h3-8,11H,9-10H2,1-2H3;3-7H2,1-2H3;1-2H3. The van der Waals surface area contributed by atoms with Gasteiger partial charge in [0.1, 0.15) is 0 Å². The van der Waals surface area contributed by atoms with Gasteiger partial charge in [0.2, 0.25) is 5.91 Å². The summed E-state index contributed by atoms with van der Waals surface area (Å²) in [4.78, 5) is 19.5. The number of rotatable bonds is 3. The maximum atomic E-state index is 11.0. The van der Waals surface area contributed by atoms with Gasteiger partial charge in [-0.15, -0.1) is 0 Å². The molecule has 1 amide bonds. The van der Waals surface area contributed by atoms with Crippen LogP contribution in [0.5, 0.6) is 0 Å². The number of likely N-dealkylation sites (N-methyl/N-ethyl adjacent to an activating group) is 1. The monoisotopic (exact) mass is 397 g/mol. The summed E-state index contributed by atoms with van der Waals surface area (Å²) in [5.41, 5.74) is 5.32. The Morgan fingerprint density at radius 2 is 1.59 bits per heavy atom. The van der Waals surface area contributed by atoms with Crippen LogP contribution in [-0.2, 0) is 17.6 Å². The molecule has 1 aliphatic heterocycles. The molecule has 0 atom stereocenters. The number of hydrogen-bond acceptors (Lipinski definition) is 3. The van der Waals surface area contributed by atoms with E-state index in [0.717, 1.165) is 51.1 Å². The summed E-state index contributed by atoms with van der Waals surface area (Å²) < 4.78 is 0. The van der Waals surface area contributed by atoms with E-state index in [1.165, 1.54) is 16.7 Å². The number of amides is 1. The van der Waals surface area contributed by atoms with Gasteiger partial charge in [-0.2, -0.15) is 0 Å². The molecule has 0 radical (unpaired) electrons. The Bertz CT molecular complexity index is 684. The summed E-state index contributed by atoms with van der Waals surface area (Å²) in [6.07, 6.45) is 5.13. The van der Waals surface area contributed by atoms with Gasteiger partial charge in [-0.25, -0.2) is 0 Å². The number of nitrogens with zero attached hydrogens (tertiary/aromatic N) is 3. The number of aryl methyl sites for hydroxylation is 4. The van der Waals surface area contributed by atoms with Crippen molar-refractivity contribution >= 4 is 5.91 Å². The van der Waals surface area contributed by atoms with Gasteiger partial charge in [-0.1, -0.05) is 44.2 Å². The third-order valence-corrected chi connectivity index (χ3v) is 5.21. The van der Waals surface area contributed by atoms with E-state index < -0.39 is 0 Å². The number of hydrogen-bond donors (Lipinski definition) is 0. The fourth-order valence-corrected chi connectivity index (χ4v) is 3.30.